The third-order valence-corrected chi connectivity index (χ3v) is 3.68. The van der Waals surface area contributed by atoms with Crippen molar-refractivity contribution in [3.63, 3.8) is 0 Å². The third kappa shape index (κ3) is 1.79. The Labute approximate surface area is 105 Å². The Kier molecular flexibility index (Phi) is 2.72. The lowest BCUT2D eigenvalue weighted by Crippen LogP contribution is -2.21. The number of rotatable bonds is 2. The predicted molar refractivity (Wildman–Crippen MR) is 68.6 cm³/mol. The van der Waals surface area contributed by atoms with Crippen LogP contribution in [0.1, 0.15) is 25.8 Å². The summed E-state index contributed by atoms with van der Waals surface area (Å²) in [5, 5.41) is 0. The first-order chi connectivity index (χ1) is 8.27. The van der Waals surface area contributed by atoms with Gasteiger partial charge in [0.1, 0.15) is 0 Å². The van der Waals surface area contributed by atoms with Crippen molar-refractivity contribution in [3.05, 3.63) is 23.1 Å². The van der Waals surface area contributed by atoms with Gasteiger partial charge in [-0.2, -0.15) is 0 Å². The lowest BCUT2D eigenvalue weighted by atomic mass is 10.1. The van der Waals surface area contributed by atoms with Crippen molar-refractivity contribution in [2.75, 3.05) is 6.61 Å². The second kappa shape index (κ2) is 4.23. The Hall–Kier alpha value is -1.20. The van der Waals surface area contributed by atoms with E-state index in [9.17, 15) is 0 Å². The molecule has 1 saturated heterocycles. The first-order valence-electron chi connectivity index (χ1n) is 5.94. The quantitative estimate of drug-likeness (QED) is 0.832. The average Bonchev–Trinajstić information content (AvgIpc) is 2.94. The van der Waals surface area contributed by atoms with Gasteiger partial charge in [-0.15, -0.1) is 0 Å². The second-order valence-electron chi connectivity index (χ2n) is 4.47. The first-order valence-corrected chi connectivity index (χ1v) is 6.35. The molecule has 1 N–H and O–H groups in total. The molecule has 2 unspecified atom stereocenters. The zero-order valence-corrected chi connectivity index (χ0v) is 10.5. The smallest absolute Gasteiger partial charge is 0.179 e. The molecule has 17 heavy (non-hydrogen) atoms. The van der Waals surface area contributed by atoms with Gasteiger partial charge in [-0.05, 0) is 44.1 Å². The lowest BCUT2D eigenvalue weighted by molar-refractivity contribution is 0.0739. The van der Waals surface area contributed by atoms with E-state index in [1.54, 1.807) is 6.20 Å². The third-order valence-electron chi connectivity index (χ3n) is 3.39. The zero-order chi connectivity index (χ0) is 11.8. The van der Waals surface area contributed by atoms with Gasteiger partial charge >= 0.3 is 0 Å². The predicted octanol–water partition coefficient (Wildman–Crippen LogP) is 2.83. The van der Waals surface area contributed by atoms with Gasteiger partial charge < -0.3 is 9.72 Å². The number of H-pyrrole nitrogens is 1. The number of hydrogen-bond donors (Lipinski definition) is 1. The lowest BCUT2D eigenvalue weighted by Gasteiger charge is -2.20. The van der Waals surface area contributed by atoms with Crippen molar-refractivity contribution in [3.8, 4) is 0 Å². The molecule has 2 atom stereocenters. The highest BCUT2D eigenvalue weighted by Gasteiger charge is 2.25. The molecule has 1 fully saturated rings. The molecule has 90 valence electrons. The Morgan fingerprint density at radius 3 is 3.29 bits per heavy atom. The highest BCUT2D eigenvalue weighted by atomic mass is 32.1. The summed E-state index contributed by atoms with van der Waals surface area (Å²) in [4.78, 5) is 7.60. The number of pyridine rings is 1. The SMILES string of the molecule is CC(C1CCCO1)n1c(=S)[nH]c2cccnc21. The van der Waals surface area contributed by atoms with Crippen LogP contribution < -0.4 is 0 Å². The Balaban J connectivity index is 2.09. The van der Waals surface area contributed by atoms with E-state index in [1.807, 2.05) is 12.1 Å². The monoisotopic (exact) mass is 249 g/mol. The fourth-order valence-electron chi connectivity index (χ4n) is 2.49. The minimum atomic E-state index is 0.230. The van der Waals surface area contributed by atoms with E-state index in [0.29, 0.717) is 0 Å². The highest BCUT2D eigenvalue weighted by molar-refractivity contribution is 7.71. The van der Waals surface area contributed by atoms with Crippen LogP contribution in [0, 0.1) is 4.77 Å². The summed E-state index contributed by atoms with van der Waals surface area (Å²) < 4.78 is 8.53. The second-order valence-corrected chi connectivity index (χ2v) is 4.85. The van der Waals surface area contributed by atoms with Gasteiger partial charge in [-0.1, -0.05) is 0 Å². The van der Waals surface area contributed by atoms with Crippen molar-refractivity contribution in [2.24, 2.45) is 0 Å². The van der Waals surface area contributed by atoms with E-state index in [1.165, 1.54) is 0 Å². The zero-order valence-electron chi connectivity index (χ0n) is 9.72. The van der Waals surface area contributed by atoms with Crippen LogP contribution in [0.4, 0.5) is 0 Å². The molecular formula is C12H15N3OS. The van der Waals surface area contributed by atoms with Gasteiger partial charge in [0.15, 0.2) is 10.4 Å². The molecule has 3 rings (SSSR count). The number of aromatic amines is 1. The fraction of sp³-hybridized carbons (Fsp3) is 0.500. The standard InChI is InChI=1S/C12H15N3OS/c1-8(10-5-3-7-16-10)15-11-9(14-12(15)17)4-2-6-13-11/h2,4,6,8,10H,3,5,7H2,1H3,(H,14,17). The summed E-state index contributed by atoms with van der Waals surface area (Å²) in [6.45, 7) is 3.01. The molecule has 0 aromatic carbocycles. The number of imidazole rings is 1. The molecule has 1 aliphatic heterocycles. The first kappa shape index (κ1) is 10.9. The summed E-state index contributed by atoms with van der Waals surface area (Å²) in [7, 11) is 0. The number of hydrogen-bond acceptors (Lipinski definition) is 3. The Morgan fingerprint density at radius 2 is 2.53 bits per heavy atom. The van der Waals surface area contributed by atoms with Gasteiger partial charge in [0.25, 0.3) is 0 Å². The average molecular weight is 249 g/mol. The maximum absolute atomic E-state index is 5.73. The van der Waals surface area contributed by atoms with E-state index in [0.717, 1.165) is 35.4 Å². The van der Waals surface area contributed by atoms with Gasteiger partial charge in [-0.25, -0.2) is 4.98 Å². The maximum atomic E-state index is 5.73. The molecule has 0 spiro atoms. The van der Waals surface area contributed by atoms with Crippen molar-refractivity contribution in [2.45, 2.75) is 31.9 Å². The molecular weight excluding hydrogens is 234 g/mol. The summed E-state index contributed by atoms with van der Waals surface area (Å²) in [5.74, 6) is 0. The van der Waals surface area contributed by atoms with Gasteiger partial charge in [0, 0.05) is 12.8 Å². The molecule has 0 amide bonds. The van der Waals surface area contributed by atoms with Crippen molar-refractivity contribution >= 4 is 23.4 Å². The minimum Gasteiger partial charge on any atom is -0.376 e. The van der Waals surface area contributed by atoms with Gasteiger partial charge in [0.2, 0.25) is 0 Å². The normalized spacial score (nSPS) is 22.1. The van der Waals surface area contributed by atoms with Crippen LogP contribution in [0.5, 0.6) is 0 Å². The van der Waals surface area contributed by atoms with Crippen LogP contribution in [-0.2, 0) is 4.74 Å². The van der Waals surface area contributed by atoms with Crippen molar-refractivity contribution in [1.29, 1.82) is 0 Å². The molecule has 5 heteroatoms. The minimum absolute atomic E-state index is 0.230. The van der Waals surface area contributed by atoms with Crippen LogP contribution in [0.2, 0.25) is 0 Å². The van der Waals surface area contributed by atoms with E-state index in [-0.39, 0.29) is 12.1 Å². The van der Waals surface area contributed by atoms with Gasteiger partial charge in [0.05, 0.1) is 17.7 Å². The molecule has 3 heterocycles. The maximum Gasteiger partial charge on any atom is 0.179 e. The van der Waals surface area contributed by atoms with Crippen LogP contribution in [-0.4, -0.2) is 27.2 Å². The number of fused-ring (bicyclic) bond motifs is 1. The van der Waals surface area contributed by atoms with E-state index < -0.39 is 0 Å². The van der Waals surface area contributed by atoms with Crippen molar-refractivity contribution < 1.29 is 4.74 Å². The molecule has 0 bridgehead atoms. The van der Waals surface area contributed by atoms with Crippen LogP contribution in [0.25, 0.3) is 11.2 Å². The summed E-state index contributed by atoms with van der Waals surface area (Å²) in [6, 6.07) is 4.14. The van der Waals surface area contributed by atoms with E-state index in [4.69, 9.17) is 17.0 Å². The largest absolute Gasteiger partial charge is 0.376 e. The van der Waals surface area contributed by atoms with Gasteiger partial charge in [-0.3, -0.25) is 4.57 Å². The molecule has 2 aromatic rings. The molecule has 0 aliphatic carbocycles. The summed E-state index contributed by atoms with van der Waals surface area (Å²) in [5.41, 5.74) is 1.91. The summed E-state index contributed by atoms with van der Waals surface area (Å²) >= 11 is 5.38. The number of nitrogens with one attached hydrogen (secondary N) is 1. The molecule has 2 aromatic heterocycles. The molecule has 0 radical (unpaired) electrons. The van der Waals surface area contributed by atoms with Crippen molar-refractivity contribution in [1.82, 2.24) is 14.5 Å². The number of aromatic nitrogens is 3. The molecule has 0 saturated carbocycles. The fourth-order valence-corrected chi connectivity index (χ4v) is 2.85. The van der Waals surface area contributed by atoms with Crippen LogP contribution in [0.15, 0.2) is 18.3 Å². The number of ether oxygens (including phenoxy) is 1. The topological polar surface area (TPSA) is 42.8 Å². The molecule has 1 aliphatic rings. The Morgan fingerprint density at radius 1 is 1.65 bits per heavy atom. The number of nitrogens with zero attached hydrogens (tertiary/aromatic N) is 2. The summed E-state index contributed by atoms with van der Waals surface area (Å²) in [6.07, 6.45) is 4.28. The molecule has 4 nitrogen and oxygen atoms in total. The highest BCUT2D eigenvalue weighted by Crippen LogP contribution is 2.26. The van der Waals surface area contributed by atoms with Crippen LogP contribution >= 0.6 is 12.2 Å². The van der Waals surface area contributed by atoms with E-state index in [2.05, 4.69) is 21.5 Å². The van der Waals surface area contributed by atoms with Crippen LogP contribution in [0.3, 0.4) is 0 Å². The Bertz CT molecular complexity index is 583. The van der Waals surface area contributed by atoms with E-state index >= 15 is 0 Å².